The van der Waals surface area contributed by atoms with Gasteiger partial charge < -0.3 is 20.3 Å². The monoisotopic (exact) mass is 267 g/mol. The van der Waals surface area contributed by atoms with Gasteiger partial charge in [0, 0.05) is 33.1 Å². The largest absolute Gasteiger partial charge is 0.406 e. The Labute approximate surface area is 112 Å². The van der Waals surface area contributed by atoms with Gasteiger partial charge in [0.05, 0.1) is 0 Å². The van der Waals surface area contributed by atoms with Crippen molar-refractivity contribution >= 4 is 11.6 Å². The first-order chi connectivity index (χ1) is 9.06. The number of anilines is 1. The van der Waals surface area contributed by atoms with Crippen molar-refractivity contribution in [3.05, 3.63) is 15.9 Å². The number of rotatable bonds is 4. The Hall–Kier alpha value is -1.63. The third-order valence-electron chi connectivity index (χ3n) is 3.78. The number of hydrogen-bond donors (Lipinski definition) is 1. The van der Waals surface area contributed by atoms with Crippen LogP contribution in [0.1, 0.15) is 25.1 Å². The first-order valence-electron chi connectivity index (χ1n) is 6.65. The third-order valence-corrected chi connectivity index (χ3v) is 3.78. The second kappa shape index (κ2) is 5.56. The van der Waals surface area contributed by atoms with E-state index in [1.807, 2.05) is 18.7 Å². The van der Waals surface area contributed by atoms with E-state index in [0.717, 1.165) is 25.9 Å². The number of likely N-dealkylation sites (N-methyl/N-ethyl adjacent to an activating group) is 1. The summed E-state index contributed by atoms with van der Waals surface area (Å²) in [6, 6.07) is 0.298. The SMILES string of the molecule is CNCC1CCCCN1c1c([N+](=O)[O-])nc(C)n1C. The summed E-state index contributed by atoms with van der Waals surface area (Å²) >= 11 is 0. The van der Waals surface area contributed by atoms with E-state index in [9.17, 15) is 10.1 Å². The highest BCUT2D eigenvalue weighted by molar-refractivity contribution is 5.57. The van der Waals surface area contributed by atoms with Crippen molar-refractivity contribution in [3.63, 3.8) is 0 Å². The van der Waals surface area contributed by atoms with Crippen LogP contribution in [0.2, 0.25) is 0 Å². The highest BCUT2D eigenvalue weighted by Gasteiger charge is 2.33. The predicted octanol–water partition coefficient (Wildman–Crippen LogP) is 1.22. The smallest absolute Gasteiger partial charge is 0.358 e. The fraction of sp³-hybridized carbons (Fsp3) is 0.750. The van der Waals surface area contributed by atoms with E-state index in [4.69, 9.17) is 0 Å². The summed E-state index contributed by atoms with van der Waals surface area (Å²) in [7, 11) is 3.76. The molecule has 106 valence electrons. The van der Waals surface area contributed by atoms with Crippen LogP contribution in [0.4, 0.5) is 11.6 Å². The summed E-state index contributed by atoms with van der Waals surface area (Å²) in [5, 5.41) is 14.4. The van der Waals surface area contributed by atoms with E-state index in [2.05, 4.69) is 15.2 Å². The lowest BCUT2D eigenvalue weighted by Gasteiger charge is -2.36. The van der Waals surface area contributed by atoms with Gasteiger partial charge in [-0.05, 0) is 36.2 Å². The minimum absolute atomic E-state index is 0.0250. The van der Waals surface area contributed by atoms with Crippen LogP contribution in [0.15, 0.2) is 0 Å². The highest BCUT2D eigenvalue weighted by Crippen LogP contribution is 2.32. The van der Waals surface area contributed by atoms with Crippen molar-refractivity contribution in [2.45, 2.75) is 32.2 Å². The number of piperidine rings is 1. The molecule has 1 unspecified atom stereocenters. The first kappa shape index (κ1) is 13.8. The van der Waals surface area contributed by atoms with Gasteiger partial charge in [0.15, 0.2) is 0 Å². The maximum absolute atomic E-state index is 11.2. The van der Waals surface area contributed by atoms with Crippen LogP contribution in [0.5, 0.6) is 0 Å². The average molecular weight is 267 g/mol. The van der Waals surface area contributed by atoms with Gasteiger partial charge in [0.1, 0.15) is 0 Å². The van der Waals surface area contributed by atoms with Crippen LogP contribution in [-0.2, 0) is 7.05 Å². The molecule has 7 nitrogen and oxygen atoms in total. The molecule has 2 rings (SSSR count). The van der Waals surface area contributed by atoms with Crippen LogP contribution in [0, 0.1) is 17.0 Å². The minimum Gasteiger partial charge on any atom is -0.358 e. The second-order valence-corrected chi connectivity index (χ2v) is 5.02. The molecule has 1 aromatic heterocycles. The van der Waals surface area contributed by atoms with Gasteiger partial charge in [-0.3, -0.25) is 4.57 Å². The van der Waals surface area contributed by atoms with Crippen molar-refractivity contribution in [1.82, 2.24) is 14.9 Å². The molecule has 1 saturated heterocycles. The molecule has 1 aliphatic heterocycles. The Balaban J connectivity index is 2.40. The summed E-state index contributed by atoms with van der Waals surface area (Å²) in [6.45, 7) is 3.49. The molecule has 0 aromatic carbocycles. The summed E-state index contributed by atoms with van der Waals surface area (Å²) in [5.74, 6) is 1.29. The molecule has 7 heteroatoms. The molecular formula is C12H21N5O2. The number of hydrogen-bond acceptors (Lipinski definition) is 5. The van der Waals surface area contributed by atoms with E-state index in [-0.39, 0.29) is 10.7 Å². The number of nitro groups is 1. The highest BCUT2D eigenvalue weighted by atomic mass is 16.6. The topological polar surface area (TPSA) is 76.2 Å². The zero-order valence-electron chi connectivity index (χ0n) is 11.7. The van der Waals surface area contributed by atoms with E-state index in [0.29, 0.717) is 17.7 Å². The molecule has 0 amide bonds. The number of aryl methyl sites for hydroxylation is 1. The van der Waals surface area contributed by atoms with Crippen LogP contribution < -0.4 is 10.2 Å². The normalized spacial score (nSPS) is 19.7. The van der Waals surface area contributed by atoms with Gasteiger partial charge >= 0.3 is 5.82 Å². The van der Waals surface area contributed by atoms with Gasteiger partial charge in [-0.15, -0.1) is 0 Å². The molecule has 0 aliphatic carbocycles. The molecule has 1 fully saturated rings. The van der Waals surface area contributed by atoms with Crippen molar-refractivity contribution in [2.75, 3.05) is 25.0 Å². The zero-order chi connectivity index (χ0) is 14.0. The minimum atomic E-state index is -0.382. The van der Waals surface area contributed by atoms with Crippen molar-refractivity contribution in [2.24, 2.45) is 7.05 Å². The van der Waals surface area contributed by atoms with Gasteiger partial charge in [-0.1, -0.05) is 0 Å². The van der Waals surface area contributed by atoms with Crippen LogP contribution in [0.3, 0.4) is 0 Å². The number of aromatic nitrogens is 2. The predicted molar refractivity (Wildman–Crippen MR) is 73.5 cm³/mol. The molecule has 0 radical (unpaired) electrons. The van der Waals surface area contributed by atoms with Crippen molar-refractivity contribution < 1.29 is 4.92 Å². The lowest BCUT2D eigenvalue weighted by molar-refractivity contribution is -0.388. The standard InChI is InChI=1S/C12H21N5O2/c1-9-14-11(17(18)19)12(15(9)3)16-7-5-4-6-10(16)8-13-2/h10,13H,4-8H2,1-3H3. The number of imidazole rings is 1. The molecule has 19 heavy (non-hydrogen) atoms. The first-order valence-corrected chi connectivity index (χ1v) is 6.65. The second-order valence-electron chi connectivity index (χ2n) is 5.02. The van der Waals surface area contributed by atoms with E-state index in [1.165, 1.54) is 6.42 Å². The molecule has 1 atom stereocenters. The quantitative estimate of drug-likeness (QED) is 0.655. The lowest BCUT2D eigenvalue weighted by Crippen LogP contribution is -2.46. The van der Waals surface area contributed by atoms with E-state index >= 15 is 0 Å². The Morgan fingerprint density at radius 1 is 1.53 bits per heavy atom. The van der Waals surface area contributed by atoms with Gasteiger partial charge in [-0.25, -0.2) is 0 Å². The molecule has 1 N–H and O–H groups in total. The van der Waals surface area contributed by atoms with Crippen LogP contribution in [0.25, 0.3) is 0 Å². The molecule has 1 aromatic rings. The molecule has 0 saturated carbocycles. The Morgan fingerprint density at radius 2 is 2.26 bits per heavy atom. The average Bonchev–Trinajstić information content (AvgIpc) is 2.68. The Bertz CT molecular complexity index is 469. The molecule has 1 aliphatic rings. The summed E-state index contributed by atoms with van der Waals surface area (Å²) < 4.78 is 1.83. The molecule has 2 heterocycles. The maximum atomic E-state index is 11.2. The van der Waals surface area contributed by atoms with Crippen molar-refractivity contribution in [1.29, 1.82) is 0 Å². The van der Waals surface area contributed by atoms with Gasteiger partial charge in [-0.2, -0.15) is 0 Å². The van der Waals surface area contributed by atoms with Crippen LogP contribution in [-0.4, -0.2) is 40.7 Å². The van der Waals surface area contributed by atoms with Crippen LogP contribution >= 0.6 is 0 Å². The fourth-order valence-corrected chi connectivity index (χ4v) is 2.75. The molecule has 0 spiro atoms. The maximum Gasteiger partial charge on any atom is 0.406 e. The lowest BCUT2D eigenvalue weighted by atomic mass is 10.0. The molecular weight excluding hydrogens is 246 g/mol. The van der Waals surface area contributed by atoms with E-state index in [1.54, 1.807) is 6.92 Å². The van der Waals surface area contributed by atoms with Crippen molar-refractivity contribution in [3.8, 4) is 0 Å². The Kier molecular flexibility index (Phi) is 4.04. The molecule has 0 bridgehead atoms. The third kappa shape index (κ3) is 2.56. The number of nitrogens with zero attached hydrogens (tertiary/aromatic N) is 4. The Morgan fingerprint density at radius 3 is 2.89 bits per heavy atom. The summed E-state index contributed by atoms with van der Waals surface area (Å²) in [6.07, 6.45) is 3.30. The van der Waals surface area contributed by atoms with E-state index < -0.39 is 0 Å². The fourth-order valence-electron chi connectivity index (χ4n) is 2.75. The summed E-state index contributed by atoms with van der Waals surface area (Å²) in [4.78, 5) is 17.0. The van der Waals surface area contributed by atoms with Gasteiger partial charge in [0.25, 0.3) is 0 Å². The number of nitrogens with one attached hydrogen (secondary N) is 1. The van der Waals surface area contributed by atoms with Gasteiger partial charge in [0.2, 0.25) is 11.6 Å². The zero-order valence-corrected chi connectivity index (χ0v) is 11.7. The summed E-state index contributed by atoms with van der Waals surface area (Å²) in [5.41, 5.74) is 0.